The Labute approximate surface area is 137 Å². The lowest BCUT2D eigenvalue weighted by atomic mass is 10.0. The minimum atomic E-state index is -4.43. The SMILES string of the molecule is CO[C@]1(CNS(=O)(=O)Cc2ccc(C(F)(F)F)cc2)CCSC1. The molecule has 9 heteroatoms. The Hall–Kier alpha value is -0.770. The maximum absolute atomic E-state index is 12.5. The lowest BCUT2D eigenvalue weighted by Gasteiger charge is -2.26. The molecule has 1 aliphatic rings. The number of halogens is 3. The van der Waals surface area contributed by atoms with E-state index in [2.05, 4.69) is 4.72 Å². The molecule has 0 aromatic heterocycles. The third kappa shape index (κ3) is 5.10. The van der Waals surface area contributed by atoms with Crippen LogP contribution in [0.5, 0.6) is 0 Å². The Bertz CT molecular complexity index is 624. The second-order valence-electron chi connectivity index (χ2n) is 5.46. The highest BCUT2D eigenvalue weighted by Crippen LogP contribution is 2.31. The molecule has 0 radical (unpaired) electrons. The summed E-state index contributed by atoms with van der Waals surface area (Å²) < 4.78 is 69.6. The van der Waals surface area contributed by atoms with Gasteiger partial charge in [-0.1, -0.05) is 12.1 Å². The maximum Gasteiger partial charge on any atom is 0.416 e. The highest BCUT2D eigenvalue weighted by molar-refractivity contribution is 7.99. The molecule has 4 nitrogen and oxygen atoms in total. The fourth-order valence-corrected chi connectivity index (χ4v) is 4.88. The second-order valence-corrected chi connectivity index (χ2v) is 8.38. The van der Waals surface area contributed by atoms with E-state index in [0.29, 0.717) is 11.3 Å². The number of sulfonamides is 1. The number of thioether (sulfide) groups is 1. The second kappa shape index (κ2) is 7.00. The number of benzene rings is 1. The molecule has 0 saturated carbocycles. The van der Waals surface area contributed by atoms with Gasteiger partial charge in [0.05, 0.1) is 16.9 Å². The topological polar surface area (TPSA) is 55.4 Å². The Kier molecular flexibility index (Phi) is 5.65. The van der Waals surface area contributed by atoms with Gasteiger partial charge in [-0.3, -0.25) is 0 Å². The van der Waals surface area contributed by atoms with Gasteiger partial charge in [0.2, 0.25) is 10.0 Å². The van der Waals surface area contributed by atoms with Gasteiger partial charge in [-0.25, -0.2) is 13.1 Å². The molecular weight excluding hydrogens is 351 g/mol. The molecule has 1 aromatic rings. The minimum Gasteiger partial charge on any atom is -0.376 e. The van der Waals surface area contributed by atoms with Gasteiger partial charge in [0.15, 0.2) is 0 Å². The van der Waals surface area contributed by atoms with Crippen LogP contribution >= 0.6 is 11.8 Å². The van der Waals surface area contributed by atoms with E-state index in [-0.39, 0.29) is 12.3 Å². The van der Waals surface area contributed by atoms with Gasteiger partial charge in [0.25, 0.3) is 0 Å². The molecule has 0 amide bonds. The van der Waals surface area contributed by atoms with Crippen molar-refractivity contribution in [3.8, 4) is 0 Å². The van der Waals surface area contributed by atoms with Crippen LogP contribution in [-0.4, -0.2) is 39.2 Å². The third-order valence-corrected chi connectivity index (χ3v) is 6.27. The molecule has 2 rings (SSSR count). The van der Waals surface area contributed by atoms with Crippen molar-refractivity contribution in [1.29, 1.82) is 0 Å². The largest absolute Gasteiger partial charge is 0.416 e. The zero-order chi connectivity index (χ0) is 17.1. The highest BCUT2D eigenvalue weighted by atomic mass is 32.2. The zero-order valence-electron chi connectivity index (χ0n) is 12.5. The molecule has 0 bridgehead atoms. The molecule has 1 aromatic carbocycles. The number of nitrogens with one attached hydrogen (secondary N) is 1. The van der Waals surface area contributed by atoms with Crippen molar-refractivity contribution in [3.63, 3.8) is 0 Å². The predicted molar refractivity (Wildman–Crippen MR) is 83.8 cm³/mol. The van der Waals surface area contributed by atoms with Gasteiger partial charge >= 0.3 is 6.18 Å². The molecule has 0 spiro atoms. The number of hydrogen-bond donors (Lipinski definition) is 1. The van der Waals surface area contributed by atoms with Crippen LogP contribution in [0, 0.1) is 0 Å². The number of ether oxygens (including phenoxy) is 1. The molecule has 23 heavy (non-hydrogen) atoms. The van der Waals surface area contributed by atoms with Crippen LogP contribution in [0.3, 0.4) is 0 Å². The first-order valence-electron chi connectivity index (χ1n) is 6.92. The minimum absolute atomic E-state index is 0.166. The molecular formula is C14H18F3NO3S2. The number of hydrogen-bond acceptors (Lipinski definition) is 4. The Morgan fingerprint density at radius 3 is 2.43 bits per heavy atom. The monoisotopic (exact) mass is 369 g/mol. The summed E-state index contributed by atoms with van der Waals surface area (Å²) in [6.45, 7) is 0.166. The highest BCUT2D eigenvalue weighted by Gasteiger charge is 2.35. The first kappa shape index (κ1) is 18.6. The van der Waals surface area contributed by atoms with Crippen molar-refractivity contribution in [2.24, 2.45) is 0 Å². The summed E-state index contributed by atoms with van der Waals surface area (Å²) in [5.41, 5.74) is -0.997. The van der Waals surface area contributed by atoms with Gasteiger partial charge in [-0.05, 0) is 29.9 Å². The smallest absolute Gasteiger partial charge is 0.376 e. The summed E-state index contributed by atoms with van der Waals surface area (Å²) in [4.78, 5) is 0. The van der Waals surface area contributed by atoms with Crippen LogP contribution in [0.25, 0.3) is 0 Å². The van der Waals surface area contributed by atoms with Crippen molar-refractivity contribution in [3.05, 3.63) is 35.4 Å². The Morgan fingerprint density at radius 1 is 1.30 bits per heavy atom. The summed E-state index contributed by atoms with van der Waals surface area (Å²) >= 11 is 1.70. The fraction of sp³-hybridized carbons (Fsp3) is 0.571. The fourth-order valence-electron chi connectivity index (χ4n) is 2.26. The van der Waals surface area contributed by atoms with Crippen LogP contribution in [0.4, 0.5) is 13.2 Å². The normalized spacial score (nSPS) is 22.4. The van der Waals surface area contributed by atoms with E-state index in [4.69, 9.17) is 4.74 Å². The summed E-state index contributed by atoms with van der Waals surface area (Å²) in [7, 11) is -2.09. The Balaban J connectivity index is 1.98. The van der Waals surface area contributed by atoms with Gasteiger partial charge in [-0.15, -0.1) is 0 Å². The van der Waals surface area contributed by atoms with Crippen LogP contribution in [0.2, 0.25) is 0 Å². The molecule has 1 N–H and O–H groups in total. The summed E-state index contributed by atoms with van der Waals surface area (Å²) in [6.07, 6.45) is -3.67. The van der Waals surface area contributed by atoms with Crippen molar-refractivity contribution < 1.29 is 26.3 Å². The van der Waals surface area contributed by atoms with Gasteiger partial charge in [0.1, 0.15) is 0 Å². The molecule has 0 unspecified atom stereocenters. The molecule has 1 aliphatic heterocycles. The molecule has 1 fully saturated rings. The van der Waals surface area contributed by atoms with Crippen LogP contribution in [-0.2, 0) is 26.7 Å². The quantitative estimate of drug-likeness (QED) is 0.838. The van der Waals surface area contributed by atoms with Gasteiger partial charge < -0.3 is 4.74 Å². The summed E-state index contributed by atoms with van der Waals surface area (Å²) in [6, 6.07) is 4.13. The van der Waals surface area contributed by atoms with Gasteiger partial charge in [0, 0.05) is 19.4 Å². The average molecular weight is 369 g/mol. The van der Waals surface area contributed by atoms with E-state index >= 15 is 0 Å². The molecule has 1 heterocycles. The van der Waals surface area contributed by atoms with Crippen LogP contribution < -0.4 is 4.72 Å². The molecule has 130 valence electrons. The van der Waals surface area contributed by atoms with Crippen molar-refractivity contribution >= 4 is 21.8 Å². The van der Waals surface area contributed by atoms with E-state index in [1.807, 2.05) is 0 Å². The first-order chi connectivity index (χ1) is 10.7. The number of methoxy groups -OCH3 is 1. The lowest BCUT2D eigenvalue weighted by molar-refractivity contribution is -0.137. The maximum atomic E-state index is 12.5. The molecule has 1 saturated heterocycles. The summed E-state index contributed by atoms with van der Waals surface area (Å²) in [5.74, 6) is 1.26. The Morgan fingerprint density at radius 2 is 1.96 bits per heavy atom. The van der Waals surface area contributed by atoms with Crippen LogP contribution in [0.15, 0.2) is 24.3 Å². The van der Waals surface area contributed by atoms with Crippen molar-refractivity contribution in [2.45, 2.75) is 24.0 Å². The zero-order valence-corrected chi connectivity index (χ0v) is 14.2. The number of rotatable bonds is 6. The summed E-state index contributed by atoms with van der Waals surface area (Å²) in [5, 5.41) is 0. The molecule has 0 aliphatic carbocycles. The van der Waals surface area contributed by atoms with E-state index in [9.17, 15) is 21.6 Å². The van der Waals surface area contributed by atoms with E-state index in [0.717, 1.165) is 24.3 Å². The third-order valence-electron chi connectivity index (χ3n) is 3.75. The first-order valence-corrected chi connectivity index (χ1v) is 9.73. The van der Waals surface area contributed by atoms with E-state index in [1.165, 1.54) is 12.1 Å². The van der Waals surface area contributed by atoms with Gasteiger partial charge in [-0.2, -0.15) is 24.9 Å². The van der Waals surface area contributed by atoms with E-state index < -0.39 is 27.4 Å². The average Bonchev–Trinajstić information content (AvgIpc) is 2.94. The van der Waals surface area contributed by atoms with Crippen LogP contribution in [0.1, 0.15) is 17.5 Å². The van der Waals surface area contributed by atoms with E-state index in [1.54, 1.807) is 18.9 Å². The molecule has 1 atom stereocenters. The lowest BCUT2D eigenvalue weighted by Crippen LogP contribution is -2.44. The van der Waals surface area contributed by atoms with Crippen molar-refractivity contribution in [2.75, 3.05) is 25.2 Å². The standard InChI is InChI=1S/C14H18F3NO3S2/c1-21-13(6-7-22-10-13)9-18-23(19,20)8-11-2-4-12(5-3-11)14(15,16)17/h2-5,18H,6-10H2,1H3/t13-/m0/s1. The predicted octanol–water partition coefficient (Wildman–Crippen LogP) is 2.65. The van der Waals surface area contributed by atoms with Crippen molar-refractivity contribution in [1.82, 2.24) is 4.72 Å². The number of alkyl halides is 3.